The van der Waals surface area contributed by atoms with Crippen LogP contribution < -0.4 is 10.6 Å². The Labute approximate surface area is 156 Å². The Morgan fingerprint density at radius 2 is 1.81 bits per heavy atom. The lowest BCUT2D eigenvalue weighted by Gasteiger charge is -2.22. The smallest absolute Gasteiger partial charge is 0.270 e. The van der Waals surface area contributed by atoms with Gasteiger partial charge in [0.05, 0.1) is 0 Å². The fourth-order valence-corrected chi connectivity index (χ4v) is 2.42. The molecule has 26 heavy (non-hydrogen) atoms. The number of hydrogen-bond donors (Lipinski definition) is 2. The van der Waals surface area contributed by atoms with Gasteiger partial charge in [0.2, 0.25) is 0 Å². The number of hydrogen-bond acceptors (Lipinski definition) is 5. The van der Waals surface area contributed by atoms with Crippen LogP contribution in [0.25, 0.3) is 11.4 Å². The van der Waals surface area contributed by atoms with Crippen molar-refractivity contribution >= 4 is 11.7 Å². The number of carbonyl (C=O) groups excluding carboxylic acids is 1. The number of nitrogens with one attached hydrogen (secondary N) is 2. The molecule has 6 nitrogen and oxygen atoms in total. The monoisotopic (exact) mass is 355 g/mol. The summed E-state index contributed by atoms with van der Waals surface area (Å²) in [5.74, 6) is 1.00. The summed E-state index contributed by atoms with van der Waals surface area (Å²) in [5, 5.41) is 6.27. The Morgan fingerprint density at radius 3 is 2.42 bits per heavy atom. The molecule has 0 spiro atoms. The summed E-state index contributed by atoms with van der Waals surface area (Å²) in [6, 6.07) is 11.4. The molecule has 6 heteroatoms. The van der Waals surface area contributed by atoms with Gasteiger partial charge in [0.25, 0.3) is 5.91 Å². The van der Waals surface area contributed by atoms with E-state index in [2.05, 4.69) is 46.3 Å². The zero-order valence-electron chi connectivity index (χ0n) is 16.3. The van der Waals surface area contributed by atoms with Gasteiger partial charge in [-0.2, -0.15) is 0 Å². The predicted molar refractivity (Wildman–Crippen MR) is 106 cm³/mol. The standard InChI is InChI=1S/C20H29N5O/c1-20(2,3)24-17-14-16(19(26)21-12-9-13-25(4)5)22-18(23-17)15-10-7-6-8-11-15/h6-8,10-11,14H,9,12-13H2,1-5H3,(H,21,26)(H,22,23,24). The van der Waals surface area contributed by atoms with Gasteiger partial charge in [-0.15, -0.1) is 0 Å². The fraction of sp³-hybridized carbons (Fsp3) is 0.450. The lowest BCUT2D eigenvalue weighted by atomic mass is 10.1. The zero-order valence-corrected chi connectivity index (χ0v) is 16.3. The number of rotatable bonds is 7. The van der Waals surface area contributed by atoms with Crippen LogP contribution in [0, 0.1) is 0 Å². The Balaban J connectivity index is 2.23. The molecule has 2 rings (SSSR count). The van der Waals surface area contributed by atoms with Crippen molar-refractivity contribution in [3.8, 4) is 11.4 Å². The molecule has 1 heterocycles. The van der Waals surface area contributed by atoms with Crippen LogP contribution in [0.5, 0.6) is 0 Å². The van der Waals surface area contributed by atoms with Crippen LogP contribution in [0.2, 0.25) is 0 Å². The number of benzene rings is 1. The molecule has 0 aliphatic carbocycles. The Kier molecular flexibility index (Phi) is 6.69. The summed E-state index contributed by atoms with van der Waals surface area (Å²) in [6.07, 6.45) is 0.891. The average molecular weight is 355 g/mol. The maximum absolute atomic E-state index is 12.5. The summed E-state index contributed by atoms with van der Waals surface area (Å²) in [5.41, 5.74) is 1.09. The predicted octanol–water partition coefficient (Wildman–Crippen LogP) is 3.04. The zero-order chi connectivity index (χ0) is 19.2. The van der Waals surface area contributed by atoms with Crippen molar-refractivity contribution in [3.63, 3.8) is 0 Å². The first kappa shape index (κ1) is 19.8. The van der Waals surface area contributed by atoms with E-state index in [4.69, 9.17) is 0 Å². The van der Waals surface area contributed by atoms with Crippen molar-refractivity contribution in [1.29, 1.82) is 0 Å². The molecule has 0 bridgehead atoms. The molecule has 1 amide bonds. The minimum Gasteiger partial charge on any atom is -0.365 e. The summed E-state index contributed by atoms with van der Waals surface area (Å²) in [4.78, 5) is 23.7. The quantitative estimate of drug-likeness (QED) is 0.747. The average Bonchev–Trinajstić information content (AvgIpc) is 2.57. The number of carbonyl (C=O) groups is 1. The van der Waals surface area contributed by atoms with E-state index in [0.29, 0.717) is 23.9 Å². The van der Waals surface area contributed by atoms with Gasteiger partial charge in [0.15, 0.2) is 5.82 Å². The SMILES string of the molecule is CN(C)CCCNC(=O)c1cc(NC(C)(C)C)nc(-c2ccccc2)n1. The maximum Gasteiger partial charge on any atom is 0.270 e. The molecule has 0 atom stereocenters. The molecule has 1 aromatic carbocycles. The van der Waals surface area contributed by atoms with E-state index in [1.165, 1.54) is 0 Å². The molecule has 2 N–H and O–H groups in total. The maximum atomic E-state index is 12.5. The minimum atomic E-state index is -0.180. The second-order valence-corrected chi connectivity index (χ2v) is 7.62. The van der Waals surface area contributed by atoms with Gasteiger partial charge in [0.1, 0.15) is 11.5 Å². The molecule has 0 aliphatic heterocycles. The molecule has 0 saturated heterocycles. The molecule has 0 saturated carbocycles. The van der Waals surface area contributed by atoms with Gasteiger partial charge < -0.3 is 15.5 Å². The van der Waals surface area contributed by atoms with Gasteiger partial charge in [-0.1, -0.05) is 30.3 Å². The van der Waals surface area contributed by atoms with Crippen LogP contribution >= 0.6 is 0 Å². The van der Waals surface area contributed by atoms with E-state index in [1.807, 2.05) is 44.4 Å². The highest BCUT2D eigenvalue weighted by atomic mass is 16.1. The summed E-state index contributed by atoms with van der Waals surface area (Å²) >= 11 is 0. The normalized spacial score (nSPS) is 11.5. The highest BCUT2D eigenvalue weighted by Crippen LogP contribution is 2.20. The van der Waals surface area contributed by atoms with Crippen LogP contribution in [0.1, 0.15) is 37.7 Å². The molecule has 0 unspecified atom stereocenters. The second-order valence-electron chi connectivity index (χ2n) is 7.62. The van der Waals surface area contributed by atoms with Gasteiger partial charge in [-0.3, -0.25) is 4.79 Å². The van der Waals surface area contributed by atoms with Crippen LogP contribution in [0.4, 0.5) is 5.82 Å². The van der Waals surface area contributed by atoms with Crippen LogP contribution in [-0.2, 0) is 0 Å². The Hall–Kier alpha value is -2.47. The van der Waals surface area contributed by atoms with E-state index in [1.54, 1.807) is 6.07 Å². The molecule has 0 radical (unpaired) electrons. The van der Waals surface area contributed by atoms with Crippen molar-refractivity contribution in [2.24, 2.45) is 0 Å². The second kappa shape index (κ2) is 8.76. The lowest BCUT2D eigenvalue weighted by molar-refractivity contribution is 0.0947. The Morgan fingerprint density at radius 1 is 1.12 bits per heavy atom. The molecular weight excluding hydrogens is 326 g/mol. The first-order chi connectivity index (χ1) is 12.2. The highest BCUT2D eigenvalue weighted by Gasteiger charge is 2.16. The van der Waals surface area contributed by atoms with Crippen molar-refractivity contribution in [1.82, 2.24) is 20.2 Å². The summed E-state index contributed by atoms with van der Waals surface area (Å²) < 4.78 is 0. The minimum absolute atomic E-state index is 0.165. The van der Waals surface area contributed by atoms with E-state index in [0.717, 1.165) is 18.5 Å². The lowest BCUT2D eigenvalue weighted by Crippen LogP contribution is -2.29. The van der Waals surface area contributed by atoms with E-state index in [-0.39, 0.29) is 11.4 Å². The van der Waals surface area contributed by atoms with Crippen molar-refractivity contribution in [3.05, 3.63) is 42.1 Å². The van der Waals surface area contributed by atoms with E-state index < -0.39 is 0 Å². The number of anilines is 1. The highest BCUT2D eigenvalue weighted by molar-refractivity contribution is 5.93. The van der Waals surface area contributed by atoms with Crippen molar-refractivity contribution in [2.75, 3.05) is 32.5 Å². The Bertz CT molecular complexity index is 723. The summed E-state index contributed by atoms with van der Waals surface area (Å²) in [6.45, 7) is 7.70. The molecule has 1 aromatic heterocycles. The number of amides is 1. The summed E-state index contributed by atoms with van der Waals surface area (Å²) in [7, 11) is 4.03. The third-order valence-corrected chi connectivity index (χ3v) is 3.56. The van der Waals surface area contributed by atoms with Crippen molar-refractivity contribution in [2.45, 2.75) is 32.7 Å². The van der Waals surface area contributed by atoms with Crippen LogP contribution in [0.3, 0.4) is 0 Å². The number of nitrogens with zero attached hydrogens (tertiary/aromatic N) is 3. The first-order valence-corrected chi connectivity index (χ1v) is 8.90. The van der Waals surface area contributed by atoms with Crippen LogP contribution in [-0.4, -0.2) is 53.5 Å². The van der Waals surface area contributed by atoms with E-state index >= 15 is 0 Å². The molecule has 0 aliphatic rings. The molecule has 0 fully saturated rings. The molecule has 2 aromatic rings. The third kappa shape index (κ3) is 6.44. The third-order valence-electron chi connectivity index (χ3n) is 3.56. The first-order valence-electron chi connectivity index (χ1n) is 8.90. The number of aromatic nitrogens is 2. The van der Waals surface area contributed by atoms with Gasteiger partial charge in [-0.25, -0.2) is 9.97 Å². The van der Waals surface area contributed by atoms with E-state index in [9.17, 15) is 4.79 Å². The molecule has 140 valence electrons. The van der Waals surface area contributed by atoms with Crippen molar-refractivity contribution < 1.29 is 4.79 Å². The van der Waals surface area contributed by atoms with Gasteiger partial charge in [-0.05, 0) is 47.8 Å². The molecular formula is C20H29N5O. The van der Waals surface area contributed by atoms with Crippen LogP contribution in [0.15, 0.2) is 36.4 Å². The largest absolute Gasteiger partial charge is 0.365 e. The van der Waals surface area contributed by atoms with Gasteiger partial charge >= 0.3 is 0 Å². The van der Waals surface area contributed by atoms with Gasteiger partial charge in [0, 0.05) is 23.7 Å². The fourth-order valence-electron chi connectivity index (χ4n) is 2.42. The topological polar surface area (TPSA) is 70.2 Å².